The Kier molecular flexibility index (Phi) is 5.75. The Morgan fingerprint density at radius 2 is 1.88 bits per heavy atom. The molecule has 0 N–H and O–H groups in total. The highest BCUT2D eigenvalue weighted by Gasteiger charge is 2.15. The van der Waals surface area contributed by atoms with E-state index < -0.39 is 0 Å². The number of ether oxygens (including phenoxy) is 1. The predicted octanol–water partition coefficient (Wildman–Crippen LogP) is 3.70. The van der Waals surface area contributed by atoms with Gasteiger partial charge in [0.15, 0.2) is 0 Å². The fourth-order valence-corrected chi connectivity index (χ4v) is 1.76. The molecule has 1 aromatic carbocycles. The summed E-state index contributed by atoms with van der Waals surface area (Å²) in [5.74, 6) is -0.316. The molecule has 1 atom stereocenters. The zero-order chi connectivity index (χ0) is 12.7. The van der Waals surface area contributed by atoms with Crippen molar-refractivity contribution in [3.05, 3.63) is 35.4 Å². The third-order valence-electron chi connectivity index (χ3n) is 2.94. The van der Waals surface area contributed by atoms with Gasteiger partial charge in [-0.3, -0.25) is 4.79 Å². The number of hydrogen-bond acceptors (Lipinski definition) is 2. The highest BCUT2D eigenvalue weighted by molar-refractivity contribution is 5.77. The van der Waals surface area contributed by atoms with Gasteiger partial charge in [-0.25, -0.2) is 0 Å². The number of esters is 1. The number of unbranched alkanes of at least 4 members (excludes halogenated alkanes) is 1. The van der Waals surface area contributed by atoms with Crippen molar-refractivity contribution < 1.29 is 9.53 Å². The van der Waals surface area contributed by atoms with Crippen LogP contribution in [0.15, 0.2) is 24.3 Å². The van der Waals surface area contributed by atoms with E-state index in [1.165, 1.54) is 18.4 Å². The Hall–Kier alpha value is -1.31. The molecule has 0 aromatic heterocycles. The number of benzene rings is 1. The minimum absolute atomic E-state index is 0.145. The fraction of sp³-hybridized carbons (Fsp3) is 0.533. The highest BCUT2D eigenvalue weighted by Crippen LogP contribution is 2.18. The topological polar surface area (TPSA) is 26.3 Å². The van der Waals surface area contributed by atoms with E-state index in [-0.39, 0.29) is 11.9 Å². The summed E-state index contributed by atoms with van der Waals surface area (Å²) in [6.07, 6.45) is 3.54. The molecule has 0 spiro atoms. The summed E-state index contributed by atoms with van der Waals surface area (Å²) >= 11 is 0. The van der Waals surface area contributed by atoms with Crippen molar-refractivity contribution in [2.24, 2.45) is 0 Å². The average molecular weight is 234 g/mol. The van der Waals surface area contributed by atoms with Crippen LogP contribution in [0.3, 0.4) is 0 Å². The lowest BCUT2D eigenvalue weighted by Gasteiger charge is -2.11. The van der Waals surface area contributed by atoms with Gasteiger partial charge < -0.3 is 4.74 Å². The van der Waals surface area contributed by atoms with E-state index in [9.17, 15) is 4.79 Å². The Morgan fingerprint density at radius 3 is 2.41 bits per heavy atom. The molecule has 0 amide bonds. The molecule has 0 saturated carbocycles. The van der Waals surface area contributed by atoms with E-state index in [4.69, 9.17) is 4.74 Å². The second kappa shape index (κ2) is 7.10. The van der Waals surface area contributed by atoms with Crippen LogP contribution in [0.4, 0.5) is 0 Å². The molecule has 2 heteroatoms. The SMILES string of the molecule is CCCCc1ccc(C(C)C(=O)OCC)cc1. The van der Waals surface area contributed by atoms with E-state index >= 15 is 0 Å². The number of hydrogen-bond donors (Lipinski definition) is 0. The molecule has 0 bridgehead atoms. The summed E-state index contributed by atoms with van der Waals surface area (Å²) in [4.78, 5) is 11.6. The number of carbonyl (C=O) groups excluding carboxylic acids is 1. The minimum atomic E-state index is -0.171. The van der Waals surface area contributed by atoms with Crippen molar-refractivity contribution in [3.8, 4) is 0 Å². The smallest absolute Gasteiger partial charge is 0.313 e. The first kappa shape index (κ1) is 13.8. The summed E-state index contributed by atoms with van der Waals surface area (Å²) in [7, 11) is 0. The number of rotatable bonds is 6. The largest absolute Gasteiger partial charge is 0.466 e. The number of aryl methyl sites for hydroxylation is 1. The molecular formula is C15H22O2. The van der Waals surface area contributed by atoms with Gasteiger partial charge in [-0.2, -0.15) is 0 Å². The molecule has 0 radical (unpaired) electrons. The van der Waals surface area contributed by atoms with E-state index in [2.05, 4.69) is 19.1 Å². The third kappa shape index (κ3) is 4.22. The lowest BCUT2D eigenvalue weighted by molar-refractivity contribution is -0.144. The first-order chi connectivity index (χ1) is 8.19. The molecule has 2 nitrogen and oxygen atoms in total. The molecule has 0 aliphatic heterocycles. The van der Waals surface area contributed by atoms with Gasteiger partial charge in [0.2, 0.25) is 0 Å². The van der Waals surface area contributed by atoms with Crippen molar-refractivity contribution in [1.29, 1.82) is 0 Å². The molecule has 0 saturated heterocycles. The second-order valence-electron chi connectivity index (χ2n) is 4.32. The minimum Gasteiger partial charge on any atom is -0.466 e. The Bertz CT molecular complexity index is 340. The molecule has 0 aliphatic rings. The van der Waals surface area contributed by atoms with Crippen LogP contribution in [0, 0.1) is 0 Å². The van der Waals surface area contributed by atoms with Crippen molar-refractivity contribution in [2.75, 3.05) is 6.61 Å². The zero-order valence-corrected chi connectivity index (χ0v) is 11.0. The van der Waals surface area contributed by atoms with Gasteiger partial charge in [0.25, 0.3) is 0 Å². The van der Waals surface area contributed by atoms with Crippen LogP contribution in [0.2, 0.25) is 0 Å². The summed E-state index contributed by atoms with van der Waals surface area (Å²) in [5, 5.41) is 0. The Morgan fingerprint density at radius 1 is 1.24 bits per heavy atom. The first-order valence-electron chi connectivity index (χ1n) is 6.44. The molecule has 94 valence electrons. The monoisotopic (exact) mass is 234 g/mol. The maximum Gasteiger partial charge on any atom is 0.313 e. The third-order valence-corrected chi connectivity index (χ3v) is 2.94. The van der Waals surface area contributed by atoms with Gasteiger partial charge >= 0.3 is 5.97 Å². The highest BCUT2D eigenvalue weighted by atomic mass is 16.5. The van der Waals surface area contributed by atoms with Crippen LogP contribution < -0.4 is 0 Å². The summed E-state index contributed by atoms with van der Waals surface area (Å²) in [5.41, 5.74) is 2.37. The van der Waals surface area contributed by atoms with Gasteiger partial charge in [-0.15, -0.1) is 0 Å². The predicted molar refractivity (Wildman–Crippen MR) is 70.1 cm³/mol. The lowest BCUT2D eigenvalue weighted by atomic mass is 9.98. The van der Waals surface area contributed by atoms with Crippen LogP contribution in [-0.4, -0.2) is 12.6 Å². The fourth-order valence-electron chi connectivity index (χ4n) is 1.76. The molecule has 1 aromatic rings. The zero-order valence-electron chi connectivity index (χ0n) is 11.0. The molecule has 1 rings (SSSR count). The molecule has 0 heterocycles. The maximum atomic E-state index is 11.6. The van der Waals surface area contributed by atoms with E-state index in [0.717, 1.165) is 12.0 Å². The summed E-state index contributed by atoms with van der Waals surface area (Å²) in [6.45, 7) is 6.35. The maximum absolute atomic E-state index is 11.6. The van der Waals surface area contributed by atoms with E-state index in [0.29, 0.717) is 6.61 Å². The van der Waals surface area contributed by atoms with Crippen molar-refractivity contribution in [3.63, 3.8) is 0 Å². The lowest BCUT2D eigenvalue weighted by Crippen LogP contribution is -2.12. The van der Waals surface area contributed by atoms with E-state index in [1.54, 1.807) is 0 Å². The van der Waals surface area contributed by atoms with Gasteiger partial charge in [0.1, 0.15) is 0 Å². The van der Waals surface area contributed by atoms with Gasteiger partial charge in [0, 0.05) is 0 Å². The van der Waals surface area contributed by atoms with Crippen LogP contribution in [0.5, 0.6) is 0 Å². The van der Waals surface area contributed by atoms with Gasteiger partial charge in [-0.05, 0) is 37.8 Å². The van der Waals surface area contributed by atoms with Crippen LogP contribution in [-0.2, 0) is 16.0 Å². The molecule has 17 heavy (non-hydrogen) atoms. The summed E-state index contributed by atoms with van der Waals surface area (Å²) < 4.78 is 5.01. The molecular weight excluding hydrogens is 212 g/mol. The molecule has 1 unspecified atom stereocenters. The van der Waals surface area contributed by atoms with Crippen LogP contribution in [0.1, 0.15) is 50.7 Å². The van der Waals surface area contributed by atoms with Crippen molar-refractivity contribution in [2.45, 2.75) is 46.0 Å². The normalized spacial score (nSPS) is 12.2. The number of carbonyl (C=O) groups is 1. The quantitative estimate of drug-likeness (QED) is 0.702. The average Bonchev–Trinajstić information content (AvgIpc) is 2.36. The van der Waals surface area contributed by atoms with Crippen LogP contribution >= 0.6 is 0 Å². The standard InChI is InChI=1S/C15H22O2/c1-4-6-7-13-8-10-14(11-9-13)12(3)15(16)17-5-2/h8-12H,4-7H2,1-3H3. The van der Waals surface area contributed by atoms with Crippen LogP contribution in [0.25, 0.3) is 0 Å². The van der Waals surface area contributed by atoms with Gasteiger partial charge in [-0.1, -0.05) is 37.6 Å². The molecule has 0 fully saturated rings. The Balaban J connectivity index is 2.63. The van der Waals surface area contributed by atoms with Gasteiger partial charge in [0.05, 0.1) is 12.5 Å². The summed E-state index contributed by atoms with van der Waals surface area (Å²) in [6, 6.07) is 8.29. The van der Waals surface area contributed by atoms with Crippen molar-refractivity contribution >= 4 is 5.97 Å². The second-order valence-corrected chi connectivity index (χ2v) is 4.32. The molecule has 0 aliphatic carbocycles. The Labute approximate surface area is 104 Å². The first-order valence-corrected chi connectivity index (χ1v) is 6.44. The van der Waals surface area contributed by atoms with E-state index in [1.807, 2.05) is 26.0 Å². The van der Waals surface area contributed by atoms with Crippen molar-refractivity contribution in [1.82, 2.24) is 0 Å².